The number of hydrogen-bond acceptors (Lipinski definition) is 2. The summed E-state index contributed by atoms with van der Waals surface area (Å²) in [5.74, 6) is 0.569. The predicted octanol–water partition coefficient (Wildman–Crippen LogP) is 4.11. The van der Waals surface area contributed by atoms with E-state index >= 15 is 0 Å². The molecular weight excluding hydrogens is 232 g/mol. The normalized spacial score (nSPS) is 28.6. The average molecular weight is 262 g/mol. The Bertz CT molecular complexity index is 388. The van der Waals surface area contributed by atoms with Gasteiger partial charge in [0.25, 0.3) is 0 Å². The van der Waals surface area contributed by atoms with Crippen LogP contribution in [0.15, 0.2) is 35.2 Å². The van der Waals surface area contributed by atoms with Gasteiger partial charge >= 0.3 is 0 Å². The summed E-state index contributed by atoms with van der Waals surface area (Å²) in [5.41, 5.74) is 10.3. The van der Waals surface area contributed by atoms with Crippen LogP contribution >= 0.6 is 0 Å². The molecule has 1 aliphatic rings. The number of nitrogens with two attached hydrogens (primary N) is 1. The van der Waals surface area contributed by atoms with E-state index in [1.165, 1.54) is 16.8 Å². The van der Waals surface area contributed by atoms with Crippen molar-refractivity contribution in [1.29, 1.82) is 0 Å². The van der Waals surface area contributed by atoms with Gasteiger partial charge in [-0.05, 0) is 50.2 Å². The van der Waals surface area contributed by atoms with Gasteiger partial charge in [-0.3, -0.25) is 0 Å². The largest absolute Gasteiger partial charge is 0.403 e. The van der Waals surface area contributed by atoms with E-state index in [1.807, 2.05) is 0 Å². The summed E-state index contributed by atoms with van der Waals surface area (Å²) in [4.78, 5) is 0. The SMILES string of the molecule is C/C=C1/CC(/C(=C/N)NCC)(C(C)C)C/C1=C/CC. The fraction of sp³-hybridized carbons (Fsp3) is 0.647. The first-order chi connectivity index (χ1) is 9.05. The number of rotatable bonds is 5. The summed E-state index contributed by atoms with van der Waals surface area (Å²) in [7, 11) is 0. The fourth-order valence-electron chi connectivity index (χ4n) is 3.21. The summed E-state index contributed by atoms with van der Waals surface area (Å²) in [6.07, 6.45) is 9.73. The van der Waals surface area contributed by atoms with E-state index in [2.05, 4.69) is 52.1 Å². The Balaban J connectivity index is 3.21. The van der Waals surface area contributed by atoms with Gasteiger partial charge in [-0.2, -0.15) is 0 Å². The molecule has 0 saturated heterocycles. The van der Waals surface area contributed by atoms with Gasteiger partial charge in [0, 0.05) is 23.9 Å². The van der Waals surface area contributed by atoms with Crippen LogP contribution in [0.4, 0.5) is 0 Å². The molecule has 108 valence electrons. The van der Waals surface area contributed by atoms with Crippen molar-refractivity contribution in [1.82, 2.24) is 5.32 Å². The summed E-state index contributed by atoms with van der Waals surface area (Å²) in [6.45, 7) is 12.0. The molecule has 0 heterocycles. The van der Waals surface area contributed by atoms with E-state index in [4.69, 9.17) is 5.73 Å². The Morgan fingerprint density at radius 1 is 1.32 bits per heavy atom. The first-order valence-corrected chi connectivity index (χ1v) is 7.56. The Kier molecular flexibility index (Phi) is 5.71. The minimum Gasteiger partial charge on any atom is -0.403 e. The van der Waals surface area contributed by atoms with E-state index < -0.39 is 0 Å². The van der Waals surface area contributed by atoms with Crippen LogP contribution in [0, 0.1) is 11.3 Å². The highest BCUT2D eigenvalue weighted by Crippen LogP contribution is 2.53. The molecule has 0 aliphatic heterocycles. The van der Waals surface area contributed by atoms with Gasteiger partial charge in [0.1, 0.15) is 0 Å². The van der Waals surface area contributed by atoms with Crippen LogP contribution in [0.1, 0.15) is 53.9 Å². The standard InChI is InChI=1S/C17H30N2/c1-6-9-15-11-17(13(4)5,10-14(15)7-2)16(12-18)19-8-3/h7,9,12-13,19H,6,8,10-11,18H2,1-5H3/b14-7-,15-9-,16-12-. The molecule has 19 heavy (non-hydrogen) atoms. The molecule has 2 heteroatoms. The average Bonchev–Trinajstić information content (AvgIpc) is 2.76. The molecule has 1 atom stereocenters. The van der Waals surface area contributed by atoms with Crippen molar-refractivity contribution in [2.75, 3.05) is 6.54 Å². The first kappa shape index (κ1) is 15.9. The maximum absolute atomic E-state index is 5.90. The molecule has 1 fully saturated rings. The highest BCUT2D eigenvalue weighted by molar-refractivity contribution is 5.42. The van der Waals surface area contributed by atoms with Crippen LogP contribution in [0.5, 0.6) is 0 Å². The van der Waals surface area contributed by atoms with Crippen molar-refractivity contribution in [3.05, 3.63) is 35.2 Å². The summed E-state index contributed by atoms with van der Waals surface area (Å²) in [6, 6.07) is 0. The maximum Gasteiger partial charge on any atom is 0.0336 e. The lowest BCUT2D eigenvalue weighted by atomic mass is 9.72. The molecule has 2 nitrogen and oxygen atoms in total. The Labute approximate surface area is 118 Å². The third-order valence-electron chi connectivity index (χ3n) is 4.40. The molecule has 0 aromatic rings. The topological polar surface area (TPSA) is 38.0 Å². The van der Waals surface area contributed by atoms with Gasteiger partial charge in [0.2, 0.25) is 0 Å². The molecular formula is C17H30N2. The van der Waals surface area contributed by atoms with Crippen molar-refractivity contribution >= 4 is 0 Å². The smallest absolute Gasteiger partial charge is 0.0336 e. The van der Waals surface area contributed by atoms with Gasteiger partial charge in [-0.1, -0.05) is 32.9 Å². The minimum atomic E-state index is 0.146. The van der Waals surface area contributed by atoms with Crippen LogP contribution in [0.2, 0.25) is 0 Å². The van der Waals surface area contributed by atoms with E-state index in [0.29, 0.717) is 5.92 Å². The van der Waals surface area contributed by atoms with Gasteiger partial charge < -0.3 is 11.1 Å². The van der Waals surface area contributed by atoms with Gasteiger partial charge in [0.15, 0.2) is 0 Å². The predicted molar refractivity (Wildman–Crippen MR) is 84.6 cm³/mol. The zero-order valence-electron chi connectivity index (χ0n) is 13.2. The van der Waals surface area contributed by atoms with E-state index in [-0.39, 0.29) is 5.41 Å². The summed E-state index contributed by atoms with van der Waals surface area (Å²) in [5, 5.41) is 3.49. The molecule has 0 amide bonds. The Morgan fingerprint density at radius 2 is 1.95 bits per heavy atom. The molecule has 0 spiro atoms. The van der Waals surface area contributed by atoms with Crippen LogP contribution in [-0.2, 0) is 0 Å². The summed E-state index contributed by atoms with van der Waals surface area (Å²) < 4.78 is 0. The number of nitrogens with one attached hydrogen (secondary N) is 1. The zero-order chi connectivity index (χ0) is 14.5. The monoisotopic (exact) mass is 262 g/mol. The molecule has 0 bridgehead atoms. The van der Waals surface area contributed by atoms with E-state index in [0.717, 1.165) is 25.8 Å². The maximum atomic E-state index is 5.90. The molecule has 0 aromatic carbocycles. The molecule has 1 aliphatic carbocycles. The van der Waals surface area contributed by atoms with Crippen LogP contribution < -0.4 is 11.1 Å². The van der Waals surface area contributed by atoms with Crippen molar-refractivity contribution in [3.8, 4) is 0 Å². The molecule has 1 rings (SSSR count). The van der Waals surface area contributed by atoms with Gasteiger partial charge in [-0.25, -0.2) is 0 Å². The van der Waals surface area contributed by atoms with Crippen LogP contribution in [-0.4, -0.2) is 6.54 Å². The summed E-state index contributed by atoms with van der Waals surface area (Å²) >= 11 is 0. The van der Waals surface area contributed by atoms with Crippen molar-refractivity contribution < 1.29 is 0 Å². The van der Waals surface area contributed by atoms with E-state index in [1.54, 1.807) is 6.20 Å². The third-order valence-corrected chi connectivity index (χ3v) is 4.40. The second kappa shape index (κ2) is 6.83. The lowest BCUT2D eigenvalue weighted by Crippen LogP contribution is -2.35. The highest BCUT2D eigenvalue weighted by Gasteiger charge is 2.44. The lowest BCUT2D eigenvalue weighted by Gasteiger charge is -2.36. The van der Waals surface area contributed by atoms with Gasteiger partial charge in [-0.15, -0.1) is 0 Å². The Morgan fingerprint density at radius 3 is 2.37 bits per heavy atom. The van der Waals surface area contributed by atoms with Crippen molar-refractivity contribution in [2.45, 2.75) is 53.9 Å². The Hall–Kier alpha value is -1.18. The van der Waals surface area contributed by atoms with Gasteiger partial charge in [0.05, 0.1) is 0 Å². The third kappa shape index (κ3) is 3.05. The molecule has 3 N–H and O–H groups in total. The highest BCUT2D eigenvalue weighted by atomic mass is 14.9. The van der Waals surface area contributed by atoms with Crippen molar-refractivity contribution in [3.63, 3.8) is 0 Å². The minimum absolute atomic E-state index is 0.146. The second-order valence-electron chi connectivity index (χ2n) is 5.73. The molecule has 0 radical (unpaired) electrons. The molecule has 1 saturated carbocycles. The zero-order valence-corrected chi connectivity index (χ0v) is 13.2. The molecule has 0 aromatic heterocycles. The lowest BCUT2D eigenvalue weighted by molar-refractivity contribution is 0.250. The second-order valence-corrected chi connectivity index (χ2v) is 5.73. The van der Waals surface area contributed by atoms with E-state index in [9.17, 15) is 0 Å². The number of hydrogen-bond donors (Lipinski definition) is 2. The van der Waals surface area contributed by atoms with Crippen LogP contribution in [0.25, 0.3) is 0 Å². The van der Waals surface area contributed by atoms with Crippen molar-refractivity contribution in [2.24, 2.45) is 17.1 Å². The quantitative estimate of drug-likeness (QED) is 0.782. The molecule has 1 unspecified atom stereocenters. The number of allylic oxidation sites excluding steroid dienone is 5. The van der Waals surface area contributed by atoms with Crippen LogP contribution in [0.3, 0.4) is 0 Å². The fourth-order valence-corrected chi connectivity index (χ4v) is 3.21. The first-order valence-electron chi connectivity index (χ1n) is 7.56.